The molecule has 1 N–H and O–H groups in total. The molecule has 3 aromatic rings. The molecule has 8 heteroatoms. The number of amides is 1. The maximum atomic E-state index is 14.1. The van der Waals surface area contributed by atoms with Crippen LogP contribution in [0.3, 0.4) is 0 Å². The Balaban J connectivity index is 1.76. The molecule has 3 rings (SSSR count). The molecule has 0 bridgehead atoms. The van der Waals surface area contributed by atoms with Crippen molar-refractivity contribution in [3.05, 3.63) is 65.9 Å². The summed E-state index contributed by atoms with van der Waals surface area (Å²) in [4.78, 5) is 20.8. The van der Waals surface area contributed by atoms with Gasteiger partial charge in [-0.25, -0.2) is 9.18 Å². The van der Waals surface area contributed by atoms with Crippen LogP contribution in [0.2, 0.25) is 0 Å². The summed E-state index contributed by atoms with van der Waals surface area (Å²) in [5.41, 5.74) is 0.398. The Hall–Kier alpha value is -3.29. The molecule has 2 heterocycles. The fourth-order valence-electron chi connectivity index (χ4n) is 2.73. The quantitative estimate of drug-likeness (QED) is 0.676. The van der Waals surface area contributed by atoms with Gasteiger partial charge >= 0.3 is 6.09 Å². The minimum atomic E-state index is -0.650. The molecule has 0 saturated heterocycles. The highest BCUT2D eigenvalue weighted by Gasteiger charge is 2.23. The topological polar surface area (TPSA) is 90.1 Å². The summed E-state index contributed by atoms with van der Waals surface area (Å²) in [5, 5.41) is 6.71. The van der Waals surface area contributed by atoms with E-state index >= 15 is 0 Å². The highest BCUT2D eigenvalue weighted by Crippen LogP contribution is 2.16. The number of aromatic nitrogens is 3. The fourth-order valence-corrected chi connectivity index (χ4v) is 2.73. The van der Waals surface area contributed by atoms with Crippen molar-refractivity contribution in [2.24, 2.45) is 0 Å². The lowest BCUT2D eigenvalue weighted by molar-refractivity contribution is 0.0502. The van der Waals surface area contributed by atoms with Gasteiger partial charge in [-0.3, -0.25) is 4.98 Å². The van der Waals surface area contributed by atoms with E-state index in [1.807, 2.05) is 6.07 Å². The molecule has 7 nitrogen and oxygen atoms in total. The minimum Gasteiger partial charge on any atom is -0.444 e. The molecule has 0 aliphatic rings. The Labute approximate surface area is 168 Å². The lowest BCUT2D eigenvalue weighted by Crippen LogP contribution is -2.41. The van der Waals surface area contributed by atoms with E-state index in [9.17, 15) is 9.18 Å². The van der Waals surface area contributed by atoms with E-state index in [1.165, 1.54) is 6.07 Å². The zero-order chi connectivity index (χ0) is 20.9. The summed E-state index contributed by atoms with van der Waals surface area (Å²) in [7, 11) is 0. The van der Waals surface area contributed by atoms with Crippen molar-refractivity contribution in [1.29, 1.82) is 0 Å². The molecule has 0 aliphatic heterocycles. The van der Waals surface area contributed by atoms with Crippen molar-refractivity contribution in [3.63, 3.8) is 0 Å². The Morgan fingerprint density at radius 2 is 1.93 bits per heavy atom. The van der Waals surface area contributed by atoms with Crippen LogP contribution in [0.25, 0.3) is 11.5 Å². The number of carbonyl (C=O) groups is 1. The lowest BCUT2D eigenvalue weighted by Gasteiger charge is -2.23. The SMILES string of the molecule is CC(C)(C)OC(=O)N[C@@H](Cc1nc(-c2ccccn2)no1)Cc1ccccc1F. The molecule has 0 aliphatic carbocycles. The largest absolute Gasteiger partial charge is 0.444 e. The van der Waals surface area contributed by atoms with Gasteiger partial charge in [0.05, 0.1) is 0 Å². The minimum absolute atomic E-state index is 0.216. The average molecular weight is 398 g/mol. The first-order valence-corrected chi connectivity index (χ1v) is 9.27. The molecule has 0 fully saturated rings. The summed E-state index contributed by atoms with van der Waals surface area (Å²) in [6.45, 7) is 5.32. The summed E-state index contributed by atoms with van der Waals surface area (Å²) in [6.07, 6.45) is 1.50. The smallest absolute Gasteiger partial charge is 0.407 e. The van der Waals surface area contributed by atoms with Gasteiger partial charge in [-0.05, 0) is 51.0 Å². The van der Waals surface area contributed by atoms with Crippen molar-refractivity contribution in [2.75, 3.05) is 0 Å². The predicted octanol–water partition coefficient (Wildman–Crippen LogP) is 3.95. The third-order valence-corrected chi connectivity index (χ3v) is 3.93. The first-order valence-electron chi connectivity index (χ1n) is 9.27. The monoisotopic (exact) mass is 398 g/mol. The number of alkyl carbamates (subject to hydrolysis) is 1. The van der Waals surface area contributed by atoms with Crippen molar-refractivity contribution in [1.82, 2.24) is 20.4 Å². The van der Waals surface area contributed by atoms with Crippen LogP contribution < -0.4 is 5.32 Å². The number of rotatable bonds is 6. The van der Waals surface area contributed by atoms with Crippen LogP contribution in [-0.2, 0) is 17.6 Å². The number of nitrogens with one attached hydrogen (secondary N) is 1. The number of nitrogens with zero attached hydrogens (tertiary/aromatic N) is 3. The number of benzene rings is 1. The Bertz CT molecular complexity index is 954. The normalized spacial score (nSPS) is 12.4. The van der Waals surface area contributed by atoms with Gasteiger partial charge < -0.3 is 14.6 Å². The van der Waals surface area contributed by atoms with Crippen molar-refractivity contribution in [3.8, 4) is 11.5 Å². The van der Waals surface area contributed by atoms with Gasteiger partial charge in [-0.15, -0.1) is 0 Å². The van der Waals surface area contributed by atoms with Crippen LogP contribution in [0.4, 0.5) is 9.18 Å². The van der Waals surface area contributed by atoms with Crippen molar-refractivity contribution in [2.45, 2.75) is 45.3 Å². The number of ether oxygens (including phenoxy) is 1. The number of pyridine rings is 1. The molecule has 1 amide bonds. The maximum absolute atomic E-state index is 14.1. The Morgan fingerprint density at radius 1 is 1.17 bits per heavy atom. The van der Waals surface area contributed by atoms with E-state index in [2.05, 4.69) is 20.4 Å². The van der Waals surface area contributed by atoms with Crippen LogP contribution in [-0.4, -0.2) is 32.9 Å². The summed E-state index contributed by atoms with van der Waals surface area (Å²) < 4.78 is 24.8. The molecular weight excluding hydrogens is 375 g/mol. The zero-order valence-corrected chi connectivity index (χ0v) is 16.6. The third kappa shape index (κ3) is 6.10. The van der Waals surface area contributed by atoms with E-state index in [4.69, 9.17) is 9.26 Å². The van der Waals surface area contributed by atoms with Crippen molar-refractivity contribution < 1.29 is 18.4 Å². The lowest BCUT2D eigenvalue weighted by atomic mass is 10.0. The Morgan fingerprint density at radius 3 is 2.62 bits per heavy atom. The summed E-state index contributed by atoms with van der Waals surface area (Å²) in [5.74, 6) is 0.314. The van der Waals surface area contributed by atoms with Crippen LogP contribution in [0.1, 0.15) is 32.2 Å². The highest BCUT2D eigenvalue weighted by molar-refractivity contribution is 5.68. The molecule has 29 heavy (non-hydrogen) atoms. The fraction of sp³-hybridized carbons (Fsp3) is 0.333. The van der Waals surface area contributed by atoms with Gasteiger partial charge in [0.15, 0.2) is 0 Å². The van der Waals surface area contributed by atoms with E-state index in [1.54, 1.807) is 57.3 Å². The van der Waals surface area contributed by atoms with Gasteiger partial charge in [0, 0.05) is 18.7 Å². The van der Waals surface area contributed by atoms with Gasteiger partial charge in [0.25, 0.3) is 0 Å². The van der Waals surface area contributed by atoms with Gasteiger partial charge in [0.2, 0.25) is 11.7 Å². The van der Waals surface area contributed by atoms with E-state index in [0.717, 1.165) is 0 Å². The summed E-state index contributed by atoms with van der Waals surface area (Å²) >= 11 is 0. The number of hydrogen-bond donors (Lipinski definition) is 1. The molecule has 0 unspecified atom stereocenters. The molecule has 0 spiro atoms. The molecular formula is C21H23FN4O3. The first-order chi connectivity index (χ1) is 13.8. The summed E-state index contributed by atoms with van der Waals surface area (Å²) in [6, 6.07) is 11.3. The Kier molecular flexibility index (Phi) is 6.21. The van der Waals surface area contributed by atoms with E-state index in [-0.39, 0.29) is 18.7 Å². The van der Waals surface area contributed by atoms with E-state index in [0.29, 0.717) is 23.0 Å². The molecule has 1 aromatic carbocycles. The standard InChI is InChI=1S/C21H23FN4O3/c1-21(2,3)28-20(27)24-15(12-14-8-4-5-9-16(14)22)13-18-25-19(26-29-18)17-10-6-7-11-23-17/h4-11,15H,12-13H2,1-3H3,(H,24,27)/t15-/m1/s1. The number of carbonyl (C=O) groups excluding carboxylic acids is 1. The first kappa shape index (κ1) is 20.4. The average Bonchev–Trinajstić information content (AvgIpc) is 3.11. The third-order valence-electron chi connectivity index (χ3n) is 3.93. The molecule has 0 radical (unpaired) electrons. The van der Waals surface area contributed by atoms with Crippen LogP contribution >= 0.6 is 0 Å². The second-order valence-electron chi connectivity index (χ2n) is 7.57. The second-order valence-corrected chi connectivity index (χ2v) is 7.57. The van der Waals surface area contributed by atoms with Gasteiger partial charge in [-0.1, -0.05) is 29.4 Å². The van der Waals surface area contributed by atoms with E-state index < -0.39 is 17.7 Å². The van der Waals surface area contributed by atoms with Crippen LogP contribution in [0, 0.1) is 5.82 Å². The molecule has 1 atom stereocenters. The maximum Gasteiger partial charge on any atom is 0.407 e. The molecule has 152 valence electrons. The van der Waals surface area contributed by atoms with Crippen LogP contribution in [0.15, 0.2) is 53.2 Å². The second kappa shape index (κ2) is 8.81. The van der Waals surface area contributed by atoms with Crippen LogP contribution in [0.5, 0.6) is 0 Å². The molecule has 2 aromatic heterocycles. The molecule has 0 saturated carbocycles. The van der Waals surface area contributed by atoms with Gasteiger partial charge in [-0.2, -0.15) is 4.98 Å². The van der Waals surface area contributed by atoms with Crippen molar-refractivity contribution >= 4 is 6.09 Å². The highest BCUT2D eigenvalue weighted by atomic mass is 19.1. The predicted molar refractivity (Wildman–Crippen MR) is 104 cm³/mol. The zero-order valence-electron chi connectivity index (χ0n) is 16.6. The number of halogens is 1. The van der Waals surface area contributed by atoms with Gasteiger partial charge in [0.1, 0.15) is 17.1 Å². The number of hydrogen-bond acceptors (Lipinski definition) is 6.